The van der Waals surface area contributed by atoms with Crippen molar-refractivity contribution in [3.05, 3.63) is 33.4 Å². The van der Waals surface area contributed by atoms with Gasteiger partial charge >= 0.3 is 5.97 Å². The zero-order valence-corrected chi connectivity index (χ0v) is 11.7. The van der Waals surface area contributed by atoms with Crippen LogP contribution in [-0.4, -0.2) is 18.1 Å². The normalized spacial score (nSPS) is 10.9. The zero-order chi connectivity index (χ0) is 13.3. The van der Waals surface area contributed by atoms with Gasteiger partial charge in [0.1, 0.15) is 0 Å². The van der Waals surface area contributed by atoms with E-state index in [1.54, 1.807) is 6.07 Å². The SMILES string of the molecule is COC(=O)CCc1[nH]c2c(Cl)c(Cl)ccc2c1C. The second kappa shape index (κ2) is 5.21. The van der Waals surface area contributed by atoms with Gasteiger partial charge in [0, 0.05) is 11.1 Å². The Kier molecular flexibility index (Phi) is 3.83. The highest BCUT2D eigenvalue weighted by Crippen LogP contribution is 2.33. The molecule has 0 aliphatic carbocycles. The van der Waals surface area contributed by atoms with Crippen LogP contribution < -0.4 is 0 Å². The molecule has 0 bridgehead atoms. The van der Waals surface area contributed by atoms with E-state index in [1.807, 2.05) is 13.0 Å². The first-order chi connectivity index (χ1) is 8.54. The second-order valence-corrected chi connectivity index (χ2v) is 4.87. The molecule has 1 aromatic carbocycles. The number of carbonyl (C=O) groups excluding carboxylic acids is 1. The molecule has 18 heavy (non-hydrogen) atoms. The molecule has 0 saturated carbocycles. The van der Waals surface area contributed by atoms with Crippen molar-refractivity contribution in [3.8, 4) is 0 Å². The number of benzene rings is 1. The predicted octanol–water partition coefficient (Wildman–Crippen LogP) is 3.89. The van der Waals surface area contributed by atoms with Crippen molar-refractivity contribution in [2.75, 3.05) is 7.11 Å². The average molecular weight is 286 g/mol. The van der Waals surface area contributed by atoms with Gasteiger partial charge in [0.2, 0.25) is 0 Å². The van der Waals surface area contributed by atoms with Gasteiger partial charge < -0.3 is 9.72 Å². The molecule has 0 aliphatic heterocycles. The van der Waals surface area contributed by atoms with Crippen LogP contribution in [0.25, 0.3) is 10.9 Å². The van der Waals surface area contributed by atoms with Crippen LogP contribution in [0.5, 0.6) is 0 Å². The number of hydrogen-bond acceptors (Lipinski definition) is 2. The van der Waals surface area contributed by atoms with Crippen molar-refractivity contribution in [1.82, 2.24) is 4.98 Å². The lowest BCUT2D eigenvalue weighted by Crippen LogP contribution is -2.02. The number of rotatable bonds is 3. The zero-order valence-electron chi connectivity index (χ0n) is 10.1. The van der Waals surface area contributed by atoms with Crippen LogP contribution in [0, 0.1) is 6.92 Å². The molecule has 0 atom stereocenters. The van der Waals surface area contributed by atoms with E-state index < -0.39 is 0 Å². The highest BCUT2D eigenvalue weighted by molar-refractivity contribution is 6.45. The van der Waals surface area contributed by atoms with Gasteiger partial charge in [0.15, 0.2) is 0 Å². The summed E-state index contributed by atoms with van der Waals surface area (Å²) in [6, 6.07) is 3.70. The molecule has 0 saturated heterocycles. The summed E-state index contributed by atoms with van der Waals surface area (Å²) in [5.41, 5.74) is 2.90. The van der Waals surface area contributed by atoms with Gasteiger partial charge in [0.05, 0.1) is 29.1 Å². The van der Waals surface area contributed by atoms with Crippen LogP contribution in [-0.2, 0) is 16.0 Å². The van der Waals surface area contributed by atoms with E-state index in [0.29, 0.717) is 22.9 Å². The third-order valence-electron chi connectivity index (χ3n) is 3.03. The number of methoxy groups -OCH3 is 1. The summed E-state index contributed by atoms with van der Waals surface area (Å²) in [7, 11) is 1.39. The van der Waals surface area contributed by atoms with Gasteiger partial charge in [-0.15, -0.1) is 0 Å². The van der Waals surface area contributed by atoms with Gasteiger partial charge in [-0.05, 0) is 25.0 Å². The Hall–Kier alpha value is -1.19. The fourth-order valence-electron chi connectivity index (χ4n) is 1.97. The Balaban J connectivity index is 2.38. The number of hydrogen-bond donors (Lipinski definition) is 1. The molecule has 0 amide bonds. The molecule has 0 aliphatic rings. The predicted molar refractivity (Wildman–Crippen MR) is 73.4 cm³/mol. The summed E-state index contributed by atoms with van der Waals surface area (Å²) in [6.07, 6.45) is 0.941. The molecule has 2 rings (SSSR count). The number of aromatic nitrogens is 1. The molecule has 0 fully saturated rings. The standard InChI is InChI=1S/C13H13Cl2NO2/c1-7-8-3-4-9(14)12(15)13(8)16-10(7)5-6-11(17)18-2/h3-4,16H,5-6H2,1-2H3. The van der Waals surface area contributed by atoms with Crippen LogP contribution in [0.1, 0.15) is 17.7 Å². The molecular formula is C13H13Cl2NO2. The molecule has 1 N–H and O–H groups in total. The van der Waals surface area contributed by atoms with Gasteiger partial charge in [-0.3, -0.25) is 4.79 Å². The minimum Gasteiger partial charge on any atom is -0.469 e. The van der Waals surface area contributed by atoms with Crippen LogP contribution in [0.3, 0.4) is 0 Å². The van der Waals surface area contributed by atoms with Crippen molar-refractivity contribution < 1.29 is 9.53 Å². The van der Waals surface area contributed by atoms with Crippen molar-refractivity contribution in [1.29, 1.82) is 0 Å². The molecule has 0 unspecified atom stereocenters. The number of esters is 1. The van der Waals surface area contributed by atoms with E-state index >= 15 is 0 Å². The first kappa shape index (κ1) is 13.2. The summed E-state index contributed by atoms with van der Waals surface area (Å²) >= 11 is 12.1. The van der Waals surface area contributed by atoms with Crippen LogP contribution in [0.4, 0.5) is 0 Å². The maximum Gasteiger partial charge on any atom is 0.305 e. The molecule has 3 nitrogen and oxygen atoms in total. The smallest absolute Gasteiger partial charge is 0.305 e. The highest BCUT2D eigenvalue weighted by atomic mass is 35.5. The number of H-pyrrole nitrogens is 1. The molecule has 0 spiro atoms. The van der Waals surface area contributed by atoms with Crippen molar-refractivity contribution >= 4 is 40.1 Å². The monoisotopic (exact) mass is 285 g/mol. The Labute approximate surface area is 115 Å². The average Bonchev–Trinajstić information content (AvgIpc) is 2.69. The molecule has 5 heteroatoms. The summed E-state index contributed by atoms with van der Waals surface area (Å²) in [5, 5.41) is 2.07. The summed E-state index contributed by atoms with van der Waals surface area (Å²) in [5.74, 6) is -0.225. The Morgan fingerprint density at radius 3 is 2.78 bits per heavy atom. The summed E-state index contributed by atoms with van der Waals surface area (Å²) in [6.45, 7) is 2.00. The first-order valence-electron chi connectivity index (χ1n) is 5.56. The molecule has 2 aromatic rings. The molecule has 1 aromatic heterocycles. The summed E-state index contributed by atoms with van der Waals surface area (Å²) in [4.78, 5) is 14.4. The lowest BCUT2D eigenvalue weighted by molar-refractivity contribution is -0.140. The largest absolute Gasteiger partial charge is 0.469 e. The third-order valence-corrected chi connectivity index (χ3v) is 3.84. The number of carbonyl (C=O) groups is 1. The maximum absolute atomic E-state index is 11.1. The van der Waals surface area contributed by atoms with Gasteiger partial charge in [-0.25, -0.2) is 0 Å². The number of aromatic amines is 1. The van der Waals surface area contributed by atoms with Crippen LogP contribution in [0.2, 0.25) is 10.0 Å². The molecule has 1 heterocycles. The molecule has 0 radical (unpaired) electrons. The number of fused-ring (bicyclic) bond motifs is 1. The fraction of sp³-hybridized carbons (Fsp3) is 0.308. The van der Waals surface area contributed by atoms with E-state index in [9.17, 15) is 4.79 Å². The highest BCUT2D eigenvalue weighted by Gasteiger charge is 2.13. The molecular weight excluding hydrogens is 273 g/mol. The number of nitrogens with one attached hydrogen (secondary N) is 1. The Morgan fingerprint density at radius 2 is 2.11 bits per heavy atom. The first-order valence-corrected chi connectivity index (χ1v) is 6.32. The second-order valence-electron chi connectivity index (χ2n) is 4.09. The third kappa shape index (κ3) is 2.33. The van der Waals surface area contributed by atoms with E-state index in [2.05, 4.69) is 9.72 Å². The topological polar surface area (TPSA) is 42.1 Å². The quantitative estimate of drug-likeness (QED) is 0.870. The van der Waals surface area contributed by atoms with Crippen molar-refractivity contribution in [3.63, 3.8) is 0 Å². The van der Waals surface area contributed by atoms with Crippen LogP contribution >= 0.6 is 23.2 Å². The van der Waals surface area contributed by atoms with Gasteiger partial charge in [-0.1, -0.05) is 29.3 Å². The minimum atomic E-state index is -0.225. The van der Waals surface area contributed by atoms with Crippen LogP contribution in [0.15, 0.2) is 12.1 Å². The lowest BCUT2D eigenvalue weighted by Gasteiger charge is -1.99. The maximum atomic E-state index is 11.1. The fourth-order valence-corrected chi connectivity index (χ4v) is 2.34. The lowest BCUT2D eigenvalue weighted by atomic mass is 10.1. The molecule has 96 valence electrons. The van der Waals surface area contributed by atoms with Gasteiger partial charge in [-0.2, -0.15) is 0 Å². The van der Waals surface area contributed by atoms with E-state index in [4.69, 9.17) is 23.2 Å². The Morgan fingerprint density at radius 1 is 1.39 bits per heavy atom. The number of ether oxygens (including phenoxy) is 1. The number of aryl methyl sites for hydroxylation is 2. The summed E-state index contributed by atoms with van der Waals surface area (Å²) < 4.78 is 4.63. The Bertz CT molecular complexity index is 605. The van der Waals surface area contributed by atoms with E-state index in [0.717, 1.165) is 22.2 Å². The van der Waals surface area contributed by atoms with Crippen molar-refractivity contribution in [2.45, 2.75) is 19.8 Å². The van der Waals surface area contributed by atoms with E-state index in [-0.39, 0.29) is 5.97 Å². The van der Waals surface area contributed by atoms with Crippen molar-refractivity contribution in [2.24, 2.45) is 0 Å². The van der Waals surface area contributed by atoms with E-state index in [1.165, 1.54) is 7.11 Å². The van der Waals surface area contributed by atoms with Gasteiger partial charge in [0.25, 0.3) is 0 Å². The number of halogens is 2. The minimum absolute atomic E-state index is 0.225.